The average Bonchev–Trinajstić information content (AvgIpc) is 2.92. The lowest BCUT2D eigenvalue weighted by molar-refractivity contribution is 0.0202. The lowest BCUT2D eigenvalue weighted by Gasteiger charge is -2.18. The van der Waals surface area contributed by atoms with Crippen LogP contribution in [0.3, 0.4) is 0 Å². The van der Waals surface area contributed by atoms with Crippen LogP contribution in [-0.2, 0) is 0 Å². The van der Waals surface area contributed by atoms with Crippen molar-refractivity contribution in [2.45, 2.75) is 12.2 Å². The first kappa shape index (κ1) is 12.8. The van der Waals surface area contributed by atoms with E-state index in [4.69, 9.17) is 0 Å². The van der Waals surface area contributed by atoms with Crippen molar-refractivity contribution in [3.63, 3.8) is 0 Å². The Bertz CT molecular complexity index is 467. The van der Waals surface area contributed by atoms with E-state index in [1.54, 1.807) is 31.7 Å². The zero-order chi connectivity index (χ0) is 13.0. The van der Waals surface area contributed by atoms with E-state index in [1.165, 1.54) is 0 Å². The highest BCUT2D eigenvalue weighted by Gasteiger charge is 2.17. The molecule has 5 nitrogen and oxygen atoms in total. The SMILES string of the molecule is CNCC(O)C(O)c1ccc(-n2ccnc2)cc1. The van der Waals surface area contributed by atoms with Crippen LogP contribution in [-0.4, -0.2) is 39.5 Å². The number of aliphatic hydroxyl groups excluding tert-OH is 2. The molecule has 0 saturated carbocycles. The third-order valence-electron chi connectivity index (χ3n) is 2.81. The van der Waals surface area contributed by atoms with Crippen LogP contribution in [0.15, 0.2) is 43.0 Å². The van der Waals surface area contributed by atoms with Gasteiger partial charge in [-0.25, -0.2) is 4.98 Å². The van der Waals surface area contributed by atoms with Crippen molar-refractivity contribution in [1.82, 2.24) is 14.9 Å². The Kier molecular flexibility index (Phi) is 4.09. The minimum Gasteiger partial charge on any atom is -0.389 e. The van der Waals surface area contributed by atoms with Gasteiger partial charge >= 0.3 is 0 Å². The summed E-state index contributed by atoms with van der Waals surface area (Å²) in [6.07, 6.45) is 3.57. The Hall–Kier alpha value is -1.69. The van der Waals surface area contributed by atoms with E-state index >= 15 is 0 Å². The van der Waals surface area contributed by atoms with Crippen LogP contribution >= 0.6 is 0 Å². The number of benzene rings is 1. The highest BCUT2D eigenvalue weighted by atomic mass is 16.3. The van der Waals surface area contributed by atoms with E-state index in [9.17, 15) is 10.2 Å². The van der Waals surface area contributed by atoms with Gasteiger partial charge in [-0.05, 0) is 24.7 Å². The molecule has 0 bridgehead atoms. The molecule has 3 N–H and O–H groups in total. The Labute approximate surface area is 106 Å². The molecule has 5 heteroatoms. The molecule has 0 amide bonds. The minimum atomic E-state index is -0.880. The van der Waals surface area contributed by atoms with Gasteiger partial charge < -0.3 is 20.1 Å². The second-order valence-corrected chi connectivity index (χ2v) is 4.13. The van der Waals surface area contributed by atoms with Gasteiger partial charge in [0, 0.05) is 24.6 Å². The molecule has 1 aromatic heterocycles. The topological polar surface area (TPSA) is 70.3 Å². The molecule has 2 rings (SSSR count). The van der Waals surface area contributed by atoms with Crippen LogP contribution in [0.4, 0.5) is 0 Å². The minimum absolute atomic E-state index is 0.352. The van der Waals surface area contributed by atoms with Gasteiger partial charge in [0.2, 0.25) is 0 Å². The van der Waals surface area contributed by atoms with Gasteiger partial charge in [0.05, 0.1) is 12.4 Å². The van der Waals surface area contributed by atoms with E-state index in [2.05, 4.69) is 10.3 Å². The van der Waals surface area contributed by atoms with Gasteiger partial charge in [0.1, 0.15) is 6.10 Å². The Morgan fingerprint density at radius 2 is 2.00 bits per heavy atom. The summed E-state index contributed by atoms with van der Waals surface area (Å²) in [7, 11) is 1.73. The quantitative estimate of drug-likeness (QED) is 0.719. The molecule has 18 heavy (non-hydrogen) atoms. The van der Waals surface area contributed by atoms with Crippen LogP contribution in [0.1, 0.15) is 11.7 Å². The second-order valence-electron chi connectivity index (χ2n) is 4.13. The van der Waals surface area contributed by atoms with Crippen molar-refractivity contribution in [3.05, 3.63) is 48.5 Å². The van der Waals surface area contributed by atoms with Crippen molar-refractivity contribution < 1.29 is 10.2 Å². The number of aliphatic hydroxyl groups is 2. The van der Waals surface area contributed by atoms with E-state index in [0.29, 0.717) is 12.1 Å². The number of imidazole rings is 1. The first-order chi connectivity index (χ1) is 8.72. The van der Waals surface area contributed by atoms with E-state index in [0.717, 1.165) is 5.69 Å². The van der Waals surface area contributed by atoms with Crippen LogP contribution in [0.25, 0.3) is 5.69 Å². The fourth-order valence-electron chi connectivity index (χ4n) is 1.80. The van der Waals surface area contributed by atoms with E-state index in [1.807, 2.05) is 22.9 Å². The number of hydrogen-bond acceptors (Lipinski definition) is 4. The maximum Gasteiger partial charge on any atom is 0.106 e. The van der Waals surface area contributed by atoms with Crippen LogP contribution in [0.2, 0.25) is 0 Å². The summed E-state index contributed by atoms with van der Waals surface area (Å²) in [5.74, 6) is 0. The predicted molar refractivity (Wildman–Crippen MR) is 68.5 cm³/mol. The van der Waals surface area contributed by atoms with E-state index in [-0.39, 0.29) is 0 Å². The Morgan fingerprint density at radius 3 is 2.56 bits per heavy atom. The molecular weight excluding hydrogens is 230 g/mol. The van der Waals surface area contributed by atoms with Gasteiger partial charge in [-0.2, -0.15) is 0 Å². The number of likely N-dealkylation sites (N-methyl/N-ethyl adjacent to an activating group) is 1. The largest absolute Gasteiger partial charge is 0.389 e. The smallest absolute Gasteiger partial charge is 0.106 e. The summed E-state index contributed by atoms with van der Waals surface area (Å²) < 4.78 is 1.88. The standard InChI is InChI=1S/C13H17N3O2/c1-14-8-12(17)13(18)10-2-4-11(5-3-10)16-7-6-15-9-16/h2-7,9,12-14,17-18H,8H2,1H3. The molecule has 2 aromatic rings. The van der Waals surface area contributed by atoms with Crippen LogP contribution in [0.5, 0.6) is 0 Å². The number of aromatic nitrogens is 2. The molecule has 1 heterocycles. The fourth-order valence-corrected chi connectivity index (χ4v) is 1.80. The molecular formula is C13H17N3O2. The van der Waals surface area contributed by atoms with Gasteiger partial charge in [-0.1, -0.05) is 12.1 Å². The summed E-state index contributed by atoms with van der Waals surface area (Å²) in [5, 5.41) is 22.5. The first-order valence-electron chi connectivity index (χ1n) is 5.81. The average molecular weight is 247 g/mol. The normalized spacial score (nSPS) is 14.4. The molecule has 0 aliphatic heterocycles. The van der Waals surface area contributed by atoms with Gasteiger partial charge in [0.15, 0.2) is 0 Å². The molecule has 1 aromatic carbocycles. The molecule has 0 saturated heterocycles. The lowest BCUT2D eigenvalue weighted by Crippen LogP contribution is -2.29. The van der Waals surface area contributed by atoms with Crippen molar-refractivity contribution in [2.24, 2.45) is 0 Å². The fraction of sp³-hybridized carbons (Fsp3) is 0.308. The van der Waals surface area contributed by atoms with Crippen LogP contribution < -0.4 is 5.32 Å². The van der Waals surface area contributed by atoms with Gasteiger partial charge in [-0.15, -0.1) is 0 Å². The zero-order valence-electron chi connectivity index (χ0n) is 10.2. The molecule has 0 radical (unpaired) electrons. The molecule has 96 valence electrons. The van der Waals surface area contributed by atoms with Gasteiger partial charge in [0.25, 0.3) is 0 Å². The molecule has 0 aliphatic carbocycles. The van der Waals surface area contributed by atoms with Gasteiger partial charge in [-0.3, -0.25) is 0 Å². The lowest BCUT2D eigenvalue weighted by atomic mass is 10.0. The maximum absolute atomic E-state index is 9.93. The van der Waals surface area contributed by atoms with Crippen molar-refractivity contribution in [1.29, 1.82) is 0 Å². The monoisotopic (exact) mass is 247 g/mol. The zero-order valence-corrected chi connectivity index (χ0v) is 10.2. The summed E-state index contributed by atoms with van der Waals surface area (Å²) in [5.41, 5.74) is 1.66. The second kappa shape index (κ2) is 5.77. The molecule has 2 atom stereocenters. The Balaban J connectivity index is 2.12. The summed E-state index contributed by atoms with van der Waals surface area (Å²) in [6, 6.07) is 7.37. The summed E-state index contributed by atoms with van der Waals surface area (Å²) in [4.78, 5) is 3.97. The van der Waals surface area contributed by atoms with Crippen molar-refractivity contribution >= 4 is 0 Å². The number of hydrogen-bond donors (Lipinski definition) is 3. The van der Waals surface area contributed by atoms with Crippen molar-refractivity contribution in [3.8, 4) is 5.69 Å². The first-order valence-corrected chi connectivity index (χ1v) is 5.81. The molecule has 0 spiro atoms. The van der Waals surface area contributed by atoms with Crippen LogP contribution in [0, 0.1) is 0 Å². The third kappa shape index (κ3) is 2.76. The predicted octanol–water partition coefficient (Wildman–Crippen LogP) is 0.486. The highest BCUT2D eigenvalue weighted by Crippen LogP contribution is 2.18. The Morgan fingerprint density at radius 1 is 1.28 bits per heavy atom. The highest BCUT2D eigenvalue weighted by molar-refractivity contribution is 5.35. The molecule has 0 fully saturated rings. The third-order valence-corrected chi connectivity index (χ3v) is 2.81. The number of nitrogens with zero attached hydrogens (tertiary/aromatic N) is 2. The summed E-state index contributed by atoms with van der Waals surface area (Å²) in [6.45, 7) is 0.352. The molecule has 0 aliphatic rings. The molecule has 2 unspecified atom stereocenters. The maximum atomic E-state index is 9.93. The summed E-state index contributed by atoms with van der Waals surface area (Å²) >= 11 is 0. The number of rotatable bonds is 5. The number of nitrogens with one attached hydrogen (secondary N) is 1. The van der Waals surface area contributed by atoms with E-state index < -0.39 is 12.2 Å². The van der Waals surface area contributed by atoms with Crippen molar-refractivity contribution in [2.75, 3.05) is 13.6 Å².